The summed E-state index contributed by atoms with van der Waals surface area (Å²) in [5, 5.41) is 0. The summed E-state index contributed by atoms with van der Waals surface area (Å²) in [5.41, 5.74) is 2.07. The maximum absolute atomic E-state index is 11.3. The van der Waals surface area contributed by atoms with Crippen molar-refractivity contribution < 1.29 is 9.21 Å². The first-order valence-corrected chi connectivity index (χ1v) is 6.91. The average Bonchev–Trinajstić information content (AvgIpc) is 2.86. The maximum Gasteiger partial charge on any atom is 0.300 e. The molecule has 1 heterocycles. The number of nitrogens with one attached hydrogen (secondary N) is 1. The molecule has 0 radical (unpaired) electrons. The molecule has 0 spiro atoms. The lowest BCUT2D eigenvalue weighted by Crippen LogP contribution is -2.38. The zero-order chi connectivity index (χ0) is 13.8. The number of hydrogen-bond donors (Lipinski definition) is 2. The summed E-state index contributed by atoms with van der Waals surface area (Å²) in [7, 11) is 2.12. The maximum atomic E-state index is 11.3. The van der Waals surface area contributed by atoms with E-state index in [1.165, 1.54) is 25.7 Å². The van der Waals surface area contributed by atoms with Gasteiger partial charge in [0.25, 0.3) is 0 Å². The second-order valence-corrected chi connectivity index (χ2v) is 5.48. The number of rotatable bonds is 4. The zero-order valence-corrected chi connectivity index (χ0v) is 11.7. The largest absolute Gasteiger partial charge is 0.455 e. The quantitative estimate of drug-likeness (QED) is 0.495. The van der Waals surface area contributed by atoms with Crippen LogP contribution in [-0.2, 0) is 6.54 Å². The van der Waals surface area contributed by atoms with Gasteiger partial charge in [-0.2, -0.15) is 0 Å². The van der Waals surface area contributed by atoms with Gasteiger partial charge in [0, 0.05) is 6.04 Å². The molecular formula is C14H23N3O2. The van der Waals surface area contributed by atoms with Crippen LogP contribution in [-0.4, -0.2) is 23.9 Å². The number of hydrogen-bond acceptors (Lipinski definition) is 4. The molecule has 0 saturated heterocycles. The molecule has 0 aromatic carbocycles. The minimum atomic E-state index is -0.389. The molecule has 2 unspecified atom stereocenters. The molecule has 2 rings (SSSR count). The minimum Gasteiger partial charge on any atom is -0.455 e. The highest BCUT2D eigenvalue weighted by atomic mass is 16.4. The summed E-state index contributed by atoms with van der Waals surface area (Å²) in [5.74, 6) is 6.48. The molecule has 1 aromatic heterocycles. The predicted octanol–water partition coefficient (Wildman–Crippen LogP) is 1.89. The molecule has 1 aliphatic rings. The van der Waals surface area contributed by atoms with Crippen molar-refractivity contribution >= 4 is 5.91 Å². The SMILES string of the molecule is CC1CCCCC1N(C)Cc1ccc(C(=O)NN)o1. The van der Waals surface area contributed by atoms with Crippen LogP contribution < -0.4 is 11.3 Å². The molecule has 3 N–H and O–H groups in total. The summed E-state index contributed by atoms with van der Waals surface area (Å²) in [4.78, 5) is 13.6. The van der Waals surface area contributed by atoms with Crippen molar-refractivity contribution in [1.29, 1.82) is 0 Å². The molecule has 1 fully saturated rings. The number of amides is 1. The molecule has 0 aliphatic heterocycles. The van der Waals surface area contributed by atoms with Crippen molar-refractivity contribution in [3.05, 3.63) is 23.7 Å². The Morgan fingerprint density at radius 1 is 1.47 bits per heavy atom. The van der Waals surface area contributed by atoms with Crippen LogP contribution in [0.1, 0.15) is 48.9 Å². The van der Waals surface area contributed by atoms with E-state index in [1.807, 2.05) is 6.07 Å². The summed E-state index contributed by atoms with van der Waals surface area (Å²) in [6, 6.07) is 4.11. The van der Waals surface area contributed by atoms with Gasteiger partial charge in [-0.05, 0) is 37.9 Å². The van der Waals surface area contributed by atoms with Crippen molar-refractivity contribution in [2.24, 2.45) is 11.8 Å². The molecule has 2 atom stereocenters. The Morgan fingerprint density at radius 2 is 2.21 bits per heavy atom. The zero-order valence-electron chi connectivity index (χ0n) is 11.7. The summed E-state index contributed by atoms with van der Waals surface area (Å²) in [6.45, 7) is 3.04. The van der Waals surface area contributed by atoms with Crippen molar-refractivity contribution in [3.8, 4) is 0 Å². The van der Waals surface area contributed by atoms with Gasteiger partial charge < -0.3 is 4.42 Å². The van der Waals surface area contributed by atoms with Gasteiger partial charge in [0.1, 0.15) is 5.76 Å². The number of nitrogens with zero attached hydrogens (tertiary/aromatic N) is 1. The van der Waals surface area contributed by atoms with Crippen LogP contribution in [0.25, 0.3) is 0 Å². The van der Waals surface area contributed by atoms with Gasteiger partial charge in [0.2, 0.25) is 0 Å². The molecule has 19 heavy (non-hydrogen) atoms. The highest BCUT2D eigenvalue weighted by Gasteiger charge is 2.25. The third-order valence-corrected chi connectivity index (χ3v) is 4.05. The Kier molecular flexibility index (Phi) is 4.61. The summed E-state index contributed by atoms with van der Waals surface area (Å²) < 4.78 is 5.50. The van der Waals surface area contributed by atoms with Crippen LogP contribution in [0, 0.1) is 5.92 Å². The summed E-state index contributed by atoms with van der Waals surface area (Å²) >= 11 is 0. The van der Waals surface area contributed by atoms with Crippen LogP contribution >= 0.6 is 0 Å². The lowest BCUT2D eigenvalue weighted by Gasteiger charge is -2.35. The Labute approximate surface area is 114 Å². The molecule has 1 aromatic rings. The third-order valence-electron chi connectivity index (χ3n) is 4.05. The van der Waals surface area contributed by atoms with E-state index >= 15 is 0 Å². The standard InChI is InChI=1S/C14H23N3O2/c1-10-5-3-4-6-12(10)17(2)9-11-7-8-13(19-11)14(18)16-15/h7-8,10,12H,3-6,9,15H2,1-2H3,(H,16,18). The first-order valence-electron chi connectivity index (χ1n) is 6.91. The van der Waals surface area contributed by atoms with Gasteiger partial charge in [0.05, 0.1) is 6.54 Å². The van der Waals surface area contributed by atoms with Gasteiger partial charge in [-0.3, -0.25) is 15.1 Å². The van der Waals surface area contributed by atoms with E-state index < -0.39 is 0 Å². The first-order chi connectivity index (χ1) is 9.11. The molecule has 1 amide bonds. The molecule has 5 nitrogen and oxygen atoms in total. The monoisotopic (exact) mass is 265 g/mol. The second kappa shape index (κ2) is 6.21. The van der Waals surface area contributed by atoms with Crippen LogP contribution in [0.5, 0.6) is 0 Å². The molecule has 0 bridgehead atoms. The Hall–Kier alpha value is -1.33. The fourth-order valence-corrected chi connectivity index (χ4v) is 2.97. The van der Waals surface area contributed by atoms with Crippen LogP contribution in [0.3, 0.4) is 0 Å². The van der Waals surface area contributed by atoms with E-state index in [0.717, 1.165) is 18.2 Å². The topological polar surface area (TPSA) is 71.5 Å². The molecule has 106 valence electrons. The van der Waals surface area contributed by atoms with Crippen molar-refractivity contribution in [3.63, 3.8) is 0 Å². The average molecular weight is 265 g/mol. The Balaban J connectivity index is 1.96. The summed E-state index contributed by atoms with van der Waals surface area (Å²) in [6.07, 6.45) is 5.19. The number of carbonyl (C=O) groups excluding carboxylic acids is 1. The predicted molar refractivity (Wildman–Crippen MR) is 73.2 cm³/mol. The van der Waals surface area contributed by atoms with E-state index in [9.17, 15) is 4.79 Å². The van der Waals surface area contributed by atoms with Crippen molar-refractivity contribution in [2.45, 2.75) is 45.2 Å². The van der Waals surface area contributed by atoms with E-state index in [1.54, 1.807) is 6.07 Å². The second-order valence-electron chi connectivity index (χ2n) is 5.48. The Morgan fingerprint density at radius 3 is 2.89 bits per heavy atom. The van der Waals surface area contributed by atoms with E-state index in [4.69, 9.17) is 10.3 Å². The minimum absolute atomic E-state index is 0.266. The van der Waals surface area contributed by atoms with Crippen LogP contribution in [0.2, 0.25) is 0 Å². The van der Waals surface area contributed by atoms with Crippen molar-refractivity contribution in [1.82, 2.24) is 10.3 Å². The number of nitrogens with two attached hydrogens (primary N) is 1. The van der Waals surface area contributed by atoms with Crippen LogP contribution in [0.15, 0.2) is 16.5 Å². The van der Waals surface area contributed by atoms with Gasteiger partial charge in [-0.15, -0.1) is 0 Å². The normalized spacial score (nSPS) is 23.6. The van der Waals surface area contributed by atoms with Gasteiger partial charge in [0.15, 0.2) is 5.76 Å². The number of carbonyl (C=O) groups is 1. The Bertz CT molecular complexity index is 430. The fourth-order valence-electron chi connectivity index (χ4n) is 2.97. The van der Waals surface area contributed by atoms with Gasteiger partial charge in [-0.25, -0.2) is 5.84 Å². The number of hydrazine groups is 1. The number of furan rings is 1. The van der Waals surface area contributed by atoms with E-state index in [0.29, 0.717) is 6.04 Å². The smallest absolute Gasteiger partial charge is 0.300 e. The third kappa shape index (κ3) is 3.36. The highest BCUT2D eigenvalue weighted by Crippen LogP contribution is 2.28. The lowest BCUT2D eigenvalue weighted by molar-refractivity contribution is 0.0916. The first kappa shape index (κ1) is 14.1. The van der Waals surface area contributed by atoms with Gasteiger partial charge >= 0.3 is 5.91 Å². The van der Waals surface area contributed by atoms with E-state index in [2.05, 4.69) is 24.3 Å². The van der Waals surface area contributed by atoms with Crippen molar-refractivity contribution in [2.75, 3.05) is 7.05 Å². The fraction of sp³-hybridized carbons (Fsp3) is 0.643. The molecule has 1 aliphatic carbocycles. The molecule has 5 heteroatoms. The number of nitrogen functional groups attached to an aromatic ring is 1. The highest BCUT2D eigenvalue weighted by molar-refractivity contribution is 5.90. The van der Waals surface area contributed by atoms with E-state index in [-0.39, 0.29) is 11.7 Å². The lowest BCUT2D eigenvalue weighted by atomic mass is 9.85. The van der Waals surface area contributed by atoms with Crippen LogP contribution in [0.4, 0.5) is 0 Å². The molecular weight excluding hydrogens is 242 g/mol. The van der Waals surface area contributed by atoms with Gasteiger partial charge in [-0.1, -0.05) is 19.8 Å². The molecule has 1 saturated carbocycles.